The van der Waals surface area contributed by atoms with Crippen LogP contribution in [0.3, 0.4) is 0 Å². The van der Waals surface area contributed by atoms with E-state index in [1.54, 1.807) is 30.3 Å². The molecule has 3 aromatic carbocycles. The lowest BCUT2D eigenvalue weighted by Crippen LogP contribution is -2.17. The van der Waals surface area contributed by atoms with Crippen LogP contribution in [0.4, 0.5) is 18.9 Å². The number of anilines is 1. The molecular weight excluding hydrogens is 447 g/mol. The molecule has 0 aliphatic heterocycles. The summed E-state index contributed by atoms with van der Waals surface area (Å²) in [4.78, 5) is 10.9. The van der Waals surface area contributed by atoms with Crippen molar-refractivity contribution < 1.29 is 36.2 Å². The standard InChI is InChI=1S/C22H18F3NO5S/c23-22(24,25)31-19-9-11-20(12-10-19)32(29,30)26-18-6-2-4-16(14-18)8-7-15-3-1-5-17(13-15)21(27)28/h1-6,9-14,26H,7-8H2,(H,27,28). The van der Waals surface area contributed by atoms with Gasteiger partial charge in [0.15, 0.2) is 0 Å². The van der Waals surface area contributed by atoms with Crippen LogP contribution in [-0.2, 0) is 22.9 Å². The molecule has 0 amide bonds. The number of benzene rings is 3. The smallest absolute Gasteiger partial charge is 0.478 e. The van der Waals surface area contributed by atoms with Crippen molar-refractivity contribution in [1.82, 2.24) is 0 Å². The zero-order valence-corrected chi connectivity index (χ0v) is 17.3. The molecule has 0 fully saturated rings. The van der Waals surface area contributed by atoms with Gasteiger partial charge in [-0.3, -0.25) is 4.72 Å². The lowest BCUT2D eigenvalue weighted by atomic mass is 10.0. The van der Waals surface area contributed by atoms with Gasteiger partial charge in [0, 0.05) is 5.69 Å². The second-order valence-corrected chi connectivity index (χ2v) is 8.51. The van der Waals surface area contributed by atoms with Crippen molar-refractivity contribution in [3.8, 4) is 5.75 Å². The van der Waals surface area contributed by atoms with E-state index in [0.29, 0.717) is 12.8 Å². The first-order valence-electron chi connectivity index (χ1n) is 9.32. The third kappa shape index (κ3) is 6.48. The Balaban J connectivity index is 1.68. The van der Waals surface area contributed by atoms with Crippen LogP contribution in [0, 0.1) is 0 Å². The molecule has 0 saturated heterocycles. The number of alkyl halides is 3. The number of rotatable bonds is 8. The second-order valence-electron chi connectivity index (χ2n) is 6.83. The molecule has 32 heavy (non-hydrogen) atoms. The Hall–Kier alpha value is -3.53. The number of hydrogen-bond acceptors (Lipinski definition) is 4. The van der Waals surface area contributed by atoms with Gasteiger partial charge < -0.3 is 9.84 Å². The van der Waals surface area contributed by atoms with E-state index in [-0.39, 0.29) is 16.1 Å². The zero-order chi connectivity index (χ0) is 23.4. The summed E-state index contributed by atoms with van der Waals surface area (Å²) in [5, 5.41) is 9.08. The Morgan fingerprint density at radius 1 is 0.906 bits per heavy atom. The normalized spacial score (nSPS) is 11.7. The Labute approximate surface area is 182 Å². The highest BCUT2D eigenvalue weighted by atomic mass is 32.2. The number of ether oxygens (including phenoxy) is 1. The van der Waals surface area contributed by atoms with Crippen LogP contribution >= 0.6 is 0 Å². The third-order valence-corrected chi connectivity index (χ3v) is 5.82. The maximum absolute atomic E-state index is 12.6. The molecule has 0 spiro atoms. The number of hydrogen-bond donors (Lipinski definition) is 2. The molecule has 0 bridgehead atoms. The van der Waals surface area contributed by atoms with Crippen molar-refractivity contribution in [3.63, 3.8) is 0 Å². The molecule has 6 nitrogen and oxygen atoms in total. The summed E-state index contributed by atoms with van der Waals surface area (Å²) in [6, 6.07) is 17.1. The van der Waals surface area contributed by atoms with Crippen molar-refractivity contribution in [2.45, 2.75) is 24.1 Å². The van der Waals surface area contributed by atoms with Crippen LogP contribution < -0.4 is 9.46 Å². The average Bonchev–Trinajstić information content (AvgIpc) is 2.72. The van der Waals surface area contributed by atoms with Gasteiger partial charge in [0.2, 0.25) is 0 Å². The molecule has 3 aromatic rings. The molecule has 0 aliphatic rings. The second kappa shape index (κ2) is 9.31. The Bertz CT molecular complexity index is 1210. The van der Waals surface area contributed by atoms with Crippen LogP contribution in [0.25, 0.3) is 0 Å². The SMILES string of the molecule is O=C(O)c1cccc(CCc2cccc(NS(=O)(=O)c3ccc(OC(F)(F)F)cc3)c2)c1. The average molecular weight is 465 g/mol. The monoisotopic (exact) mass is 465 g/mol. The molecule has 0 atom stereocenters. The molecule has 0 radical (unpaired) electrons. The Morgan fingerprint density at radius 2 is 1.50 bits per heavy atom. The van der Waals surface area contributed by atoms with Crippen molar-refractivity contribution in [1.29, 1.82) is 0 Å². The number of sulfonamides is 1. The predicted molar refractivity (Wildman–Crippen MR) is 111 cm³/mol. The van der Waals surface area contributed by atoms with Crippen LogP contribution in [0.5, 0.6) is 5.75 Å². The summed E-state index contributed by atoms with van der Waals surface area (Å²) in [5.74, 6) is -1.54. The van der Waals surface area contributed by atoms with Crippen molar-refractivity contribution in [2.75, 3.05) is 4.72 Å². The van der Waals surface area contributed by atoms with Crippen LogP contribution in [-0.4, -0.2) is 25.9 Å². The third-order valence-electron chi connectivity index (χ3n) is 4.42. The van der Waals surface area contributed by atoms with E-state index >= 15 is 0 Å². The maximum Gasteiger partial charge on any atom is 0.573 e. The van der Waals surface area contributed by atoms with Gasteiger partial charge >= 0.3 is 12.3 Å². The maximum atomic E-state index is 12.6. The topological polar surface area (TPSA) is 92.7 Å². The van der Waals surface area contributed by atoms with Gasteiger partial charge in [0.25, 0.3) is 10.0 Å². The lowest BCUT2D eigenvalue weighted by Gasteiger charge is -2.11. The van der Waals surface area contributed by atoms with E-state index in [0.717, 1.165) is 35.4 Å². The first-order valence-corrected chi connectivity index (χ1v) is 10.8. The summed E-state index contributed by atoms with van der Waals surface area (Å²) in [7, 11) is -4.02. The van der Waals surface area contributed by atoms with Crippen molar-refractivity contribution in [3.05, 3.63) is 89.5 Å². The molecule has 0 aromatic heterocycles. The summed E-state index contributed by atoms with van der Waals surface area (Å²) in [5.41, 5.74) is 2.13. The van der Waals surface area contributed by atoms with E-state index in [2.05, 4.69) is 9.46 Å². The fourth-order valence-corrected chi connectivity index (χ4v) is 4.02. The molecule has 0 aliphatic carbocycles. The molecule has 10 heteroatoms. The summed E-state index contributed by atoms with van der Waals surface area (Å²) >= 11 is 0. The quantitative estimate of drug-likeness (QED) is 0.495. The number of carbonyl (C=O) groups is 1. The summed E-state index contributed by atoms with van der Waals surface area (Å²) < 4.78 is 68.0. The van der Waals surface area contributed by atoms with Crippen molar-refractivity contribution >= 4 is 21.7 Å². The number of nitrogens with one attached hydrogen (secondary N) is 1. The molecule has 0 unspecified atom stereocenters. The fourth-order valence-electron chi connectivity index (χ4n) is 2.97. The highest BCUT2D eigenvalue weighted by molar-refractivity contribution is 7.92. The largest absolute Gasteiger partial charge is 0.573 e. The molecule has 168 valence electrons. The predicted octanol–water partition coefficient (Wildman–Crippen LogP) is 4.87. The fraction of sp³-hybridized carbons (Fsp3) is 0.136. The van der Waals surface area contributed by atoms with Gasteiger partial charge in [0.05, 0.1) is 10.5 Å². The minimum atomic E-state index is -4.87. The zero-order valence-electron chi connectivity index (χ0n) is 16.5. The molecule has 3 rings (SSSR count). The van der Waals surface area contributed by atoms with Gasteiger partial charge in [-0.05, 0) is 72.5 Å². The number of carboxylic acid groups (broad SMARTS) is 1. The number of aryl methyl sites for hydroxylation is 2. The van der Waals surface area contributed by atoms with E-state index < -0.39 is 28.1 Å². The van der Waals surface area contributed by atoms with Crippen LogP contribution in [0.2, 0.25) is 0 Å². The highest BCUT2D eigenvalue weighted by Gasteiger charge is 2.31. The van der Waals surface area contributed by atoms with Crippen LogP contribution in [0.15, 0.2) is 77.7 Å². The molecular formula is C22H18F3NO5S. The van der Waals surface area contributed by atoms with Gasteiger partial charge in [-0.15, -0.1) is 13.2 Å². The van der Waals surface area contributed by atoms with Gasteiger partial charge in [-0.1, -0.05) is 24.3 Å². The minimum Gasteiger partial charge on any atom is -0.478 e. The van der Waals surface area contributed by atoms with Gasteiger partial charge in [0.1, 0.15) is 5.75 Å². The summed E-state index contributed by atoms with van der Waals surface area (Å²) in [6.07, 6.45) is -3.77. The van der Waals surface area contributed by atoms with E-state index in [1.807, 2.05) is 12.1 Å². The molecule has 0 saturated carbocycles. The van der Waals surface area contributed by atoms with Gasteiger partial charge in [-0.2, -0.15) is 0 Å². The first-order chi connectivity index (χ1) is 15.0. The van der Waals surface area contributed by atoms with Crippen molar-refractivity contribution in [2.24, 2.45) is 0 Å². The number of carboxylic acids is 1. The number of halogens is 3. The molecule has 0 heterocycles. The van der Waals surface area contributed by atoms with Gasteiger partial charge in [-0.25, -0.2) is 13.2 Å². The Kier molecular flexibility index (Phi) is 6.73. The van der Waals surface area contributed by atoms with E-state index in [4.69, 9.17) is 5.11 Å². The minimum absolute atomic E-state index is 0.190. The molecule has 2 N–H and O–H groups in total. The lowest BCUT2D eigenvalue weighted by molar-refractivity contribution is -0.274. The first kappa shape index (κ1) is 23.1. The van der Waals surface area contributed by atoms with Crippen LogP contribution in [0.1, 0.15) is 21.5 Å². The Morgan fingerprint density at radius 3 is 2.09 bits per heavy atom. The van der Waals surface area contributed by atoms with E-state index in [9.17, 15) is 26.4 Å². The summed E-state index contributed by atoms with van der Waals surface area (Å²) in [6.45, 7) is 0. The van der Waals surface area contributed by atoms with E-state index in [1.165, 1.54) is 6.07 Å². The number of aromatic carboxylic acids is 1. The highest BCUT2D eigenvalue weighted by Crippen LogP contribution is 2.25.